The highest BCUT2D eigenvalue weighted by Gasteiger charge is 2.12. The number of carbonyl (C=O) groups is 3. The van der Waals surface area contributed by atoms with Gasteiger partial charge in [0.2, 0.25) is 5.91 Å². The maximum atomic E-state index is 12.1. The van der Waals surface area contributed by atoms with Gasteiger partial charge in [-0.05, 0) is 24.1 Å². The normalized spacial score (nSPS) is 10.2. The second-order valence-electron chi connectivity index (χ2n) is 5.30. The highest BCUT2D eigenvalue weighted by molar-refractivity contribution is 6.29. The molecule has 0 aliphatic rings. The van der Waals surface area contributed by atoms with Crippen LogP contribution in [-0.2, 0) is 16.0 Å². The summed E-state index contributed by atoms with van der Waals surface area (Å²) in [4.78, 5) is 38.5. The van der Waals surface area contributed by atoms with E-state index in [1.54, 1.807) is 24.3 Å². The molecule has 2 aromatic rings. The first kappa shape index (κ1) is 18.6. The molecule has 0 radical (unpaired) electrons. The van der Waals surface area contributed by atoms with Gasteiger partial charge < -0.3 is 10.1 Å². The maximum absolute atomic E-state index is 12.1. The van der Waals surface area contributed by atoms with E-state index in [1.165, 1.54) is 25.3 Å². The Morgan fingerprint density at radius 3 is 2.36 bits per heavy atom. The third-order valence-electron chi connectivity index (χ3n) is 3.36. The van der Waals surface area contributed by atoms with E-state index < -0.39 is 5.97 Å². The molecule has 0 bridgehead atoms. The molecular formula is C18H17ClN2O4. The van der Waals surface area contributed by atoms with Crippen molar-refractivity contribution >= 4 is 29.3 Å². The number of hydrogen-bond donors (Lipinski definition) is 1. The zero-order chi connectivity index (χ0) is 18.2. The van der Waals surface area contributed by atoms with Crippen LogP contribution in [0.4, 0.5) is 0 Å². The van der Waals surface area contributed by atoms with Crippen LogP contribution in [0.2, 0.25) is 5.15 Å². The van der Waals surface area contributed by atoms with Crippen molar-refractivity contribution in [3.63, 3.8) is 0 Å². The monoisotopic (exact) mass is 360 g/mol. The molecule has 0 saturated heterocycles. The summed E-state index contributed by atoms with van der Waals surface area (Å²) in [5, 5.41) is 2.98. The zero-order valence-corrected chi connectivity index (χ0v) is 14.4. The summed E-state index contributed by atoms with van der Waals surface area (Å²) >= 11 is 5.65. The van der Waals surface area contributed by atoms with E-state index in [9.17, 15) is 14.4 Å². The number of amides is 1. The minimum Gasteiger partial charge on any atom is -0.454 e. The van der Waals surface area contributed by atoms with Gasteiger partial charge in [-0.2, -0.15) is 0 Å². The van der Waals surface area contributed by atoms with Gasteiger partial charge in [0.1, 0.15) is 5.15 Å². The molecule has 0 atom stereocenters. The predicted octanol–water partition coefficient (Wildman–Crippen LogP) is 2.45. The number of hydrogen-bond acceptors (Lipinski definition) is 5. The molecule has 2 rings (SSSR count). The van der Waals surface area contributed by atoms with Crippen LogP contribution in [0.5, 0.6) is 0 Å². The molecule has 0 spiro atoms. The minimum atomic E-state index is -0.635. The zero-order valence-electron chi connectivity index (χ0n) is 13.6. The minimum absolute atomic E-state index is 0.0792. The van der Waals surface area contributed by atoms with Crippen molar-refractivity contribution in [2.24, 2.45) is 0 Å². The summed E-state index contributed by atoms with van der Waals surface area (Å²) < 4.78 is 4.99. The van der Waals surface area contributed by atoms with E-state index in [0.717, 1.165) is 5.56 Å². The number of carbonyl (C=O) groups excluding carboxylic acids is 3. The van der Waals surface area contributed by atoms with Gasteiger partial charge in [-0.15, -0.1) is 0 Å². The fraction of sp³-hybridized carbons (Fsp3) is 0.222. The lowest BCUT2D eigenvalue weighted by Crippen LogP contribution is -2.22. The van der Waals surface area contributed by atoms with Crippen molar-refractivity contribution in [3.05, 3.63) is 64.4 Å². The topological polar surface area (TPSA) is 85.4 Å². The number of ether oxygens (including phenoxy) is 1. The van der Waals surface area contributed by atoms with Crippen LogP contribution < -0.4 is 5.32 Å². The third kappa shape index (κ3) is 6.00. The molecule has 130 valence electrons. The number of pyridine rings is 1. The molecule has 0 aliphatic carbocycles. The molecule has 0 aliphatic heterocycles. The average Bonchev–Trinajstić information content (AvgIpc) is 2.60. The number of nitrogens with zero attached hydrogens (tertiary/aromatic N) is 1. The van der Waals surface area contributed by atoms with Crippen LogP contribution >= 0.6 is 11.6 Å². The highest BCUT2D eigenvalue weighted by Crippen LogP contribution is 2.09. The van der Waals surface area contributed by atoms with E-state index in [4.69, 9.17) is 16.3 Å². The van der Waals surface area contributed by atoms with E-state index in [2.05, 4.69) is 10.3 Å². The second kappa shape index (κ2) is 8.94. The molecular weight excluding hydrogens is 344 g/mol. The largest absolute Gasteiger partial charge is 0.454 e. The lowest BCUT2D eigenvalue weighted by Gasteiger charge is -2.06. The van der Waals surface area contributed by atoms with E-state index in [1.807, 2.05) is 0 Å². The third-order valence-corrected chi connectivity index (χ3v) is 3.58. The maximum Gasteiger partial charge on any atom is 0.340 e. The van der Waals surface area contributed by atoms with Crippen molar-refractivity contribution in [2.75, 3.05) is 13.2 Å². The highest BCUT2D eigenvalue weighted by atomic mass is 35.5. The lowest BCUT2D eigenvalue weighted by atomic mass is 10.1. The van der Waals surface area contributed by atoms with Gasteiger partial charge in [0.05, 0.1) is 5.56 Å². The molecule has 0 fully saturated rings. The average molecular weight is 361 g/mol. The molecule has 7 heteroatoms. The summed E-state index contributed by atoms with van der Waals surface area (Å²) in [7, 11) is 0. The van der Waals surface area contributed by atoms with E-state index >= 15 is 0 Å². The van der Waals surface area contributed by atoms with Gasteiger partial charge in [0.15, 0.2) is 12.4 Å². The molecule has 1 aromatic heterocycles. The lowest BCUT2D eigenvalue weighted by molar-refractivity contribution is -0.118. The van der Waals surface area contributed by atoms with Crippen LogP contribution in [0.1, 0.15) is 33.2 Å². The van der Waals surface area contributed by atoms with Gasteiger partial charge in [-0.1, -0.05) is 35.9 Å². The molecule has 1 N–H and O–H groups in total. The summed E-state index contributed by atoms with van der Waals surface area (Å²) in [6.45, 7) is 1.64. The number of nitrogens with one attached hydrogen (secondary N) is 1. The number of benzene rings is 1. The number of Topliss-reactive ketones (excluding diaryl/α,β-unsaturated/α-hetero) is 1. The van der Waals surface area contributed by atoms with Gasteiger partial charge in [0, 0.05) is 25.2 Å². The fourth-order valence-electron chi connectivity index (χ4n) is 2.03. The number of aromatic nitrogens is 1. The van der Waals surface area contributed by atoms with Crippen LogP contribution in [-0.4, -0.2) is 35.8 Å². The fourth-order valence-corrected chi connectivity index (χ4v) is 2.15. The van der Waals surface area contributed by atoms with Crippen molar-refractivity contribution in [1.29, 1.82) is 0 Å². The Balaban J connectivity index is 1.85. The van der Waals surface area contributed by atoms with Crippen molar-refractivity contribution in [3.8, 4) is 0 Å². The second-order valence-corrected chi connectivity index (χ2v) is 5.69. The van der Waals surface area contributed by atoms with Crippen LogP contribution in [0, 0.1) is 0 Å². The number of rotatable bonds is 7. The molecule has 1 heterocycles. The molecule has 1 aromatic carbocycles. The Labute approximate surface area is 150 Å². The standard InChI is InChI=1S/C18H17ClN2O4/c1-12(22)20-9-8-13-2-4-14(5-3-13)16(23)11-25-18(24)15-6-7-17(19)21-10-15/h2-7,10H,8-9,11H2,1H3,(H,20,22). The molecule has 0 saturated carbocycles. The summed E-state index contributed by atoms with van der Waals surface area (Å²) in [6, 6.07) is 9.90. The Morgan fingerprint density at radius 1 is 1.08 bits per heavy atom. The molecule has 0 unspecified atom stereocenters. The number of esters is 1. The van der Waals surface area contributed by atoms with Crippen LogP contribution in [0.15, 0.2) is 42.6 Å². The Hall–Kier alpha value is -2.73. The first-order valence-corrected chi connectivity index (χ1v) is 7.99. The Morgan fingerprint density at radius 2 is 1.76 bits per heavy atom. The quantitative estimate of drug-likeness (QED) is 0.465. The smallest absolute Gasteiger partial charge is 0.340 e. The Bertz CT molecular complexity index is 758. The van der Waals surface area contributed by atoms with Gasteiger partial charge in [-0.25, -0.2) is 9.78 Å². The van der Waals surface area contributed by atoms with Gasteiger partial charge in [-0.3, -0.25) is 9.59 Å². The van der Waals surface area contributed by atoms with Crippen LogP contribution in [0.25, 0.3) is 0 Å². The van der Waals surface area contributed by atoms with Crippen LogP contribution in [0.3, 0.4) is 0 Å². The predicted molar refractivity (Wildman–Crippen MR) is 92.7 cm³/mol. The van der Waals surface area contributed by atoms with Crippen molar-refractivity contribution in [2.45, 2.75) is 13.3 Å². The summed E-state index contributed by atoms with van der Waals surface area (Å²) in [6.07, 6.45) is 1.96. The summed E-state index contributed by atoms with van der Waals surface area (Å²) in [5.74, 6) is -1.02. The van der Waals surface area contributed by atoms with E-state index in [0.29, 0.717) is 18.5 Å². The van der Waals surface area contributed by atoms with Crippen molar-refractivity contribution < 1.29 is 19.1 Å². The van der Waals surface area contributed by atoms with Crippen molar-refractivity contribution in [1.82, 2.24) is 10.3 Å². The Kier molecular flexibility index (Phi) is 6.65. The van der Waals surface area contributed by atoms with Gasteiger partial charge in [0.25, 0.3) is 0 Å². The first-order chi connectivity index (χ1) is 12.0. The molecule has 1 amide bonds. The SMILES string of the molecule is CC(=O)NCCc1ccc(C(=O)COC(=O)c2ccc(Cl)nc2)cc1. The van der Waals surface area contributed by atoms with E-state index in [-0.39, 0.29) is 29.0 Å². The molecule has 25 heavy (non-hydrogen) atoms. The molecule has 6 nitrogen and oxygen atoms in total. The number of ketones is 1. The van der Waals surface area contributed by atoms with Gasteiger partial charge >= 0.3 is 5.97 Å². The first-order valence-electron chi connectivity index (χ1n) is 7.61. The number of halogens is 1. The summed E-state index contributed by atoms with van der Waals surface area (Å²) in [5.41, 5.74) is 1.67.